The van der Waals surface area contributed by atoms with E-state index in [1.807, 2.05) is 6.20 Å². The van der Waals surface area contributed by atoms with Crippen LogP contribution in [0.25, 0.3) is 0 Å². The third-order valence-corrected chi connectivity index (χ3v) is 4.26. The van der Waals surface area contributed by atoms with Crippen LogP contribution in [0.2, 0.25) is 25.7 Å². The number of aromatic nitrogens is 2. The predicted octanol–water partition coefficient (Wildman–Crippen LogP) is 2.42. The maximum Gasteiger partial charge on any atom is 0.139 e. The molecule has 0 bridgehead atoms. The molecular formula is C12H24N2O2Si. The summed E-state index contributed by atoms with van der Waals surface area (Å²) in [6, 6.07) is 1.16. The van der Waals surface area contributed by atoms with Gasteiger partial charge >= 0.3 is 0 Å². The van der Waals surface area contributed by atoms with Gasteiger partial charge in [-0.05, 0) is 19.9 Å². The van der Waals surface area contributed by atoms with Gasteiger partial charge in [-0.25, -0.2) is 4.68 Å². The summed E-state index contributed by atoms with van der Waals surface area (Å²) in [4.78, 5) is 0. The lowest BCUT2D eigenvalue weighted by molar-refractivity contribution is 0.0729. The monoisotopic (exact) mass is 256 g/mol. The Morgan fingerprint density at radius 1 is 1.41 bits per heavy atom. The molecule has 0 atom stereocenters. The van der Waals surface area contributed by atoms with Crippen molar-refractivity contribution in [2.75, 3.05) is 6.61 Å². The average Bonchev–Trinajstić information content (AvgIpc) is 2.58. The largest absolute Gasteiger partial charge is 0.386 e. The molecular weight excluding hydrogens is 232 g/mol. The Morgan fingerprint density at radius 3 is 2.53 bits per heavy atom. The van der Waals surface area contributed by atoms with Gasteiger partial charge in [0.2, 0.25) is 0 Å². The highest BCUT2D eigenvalue weighted by atomic mass is 28.3. The predicted molar refractivity (Wildman–Crippen MR) is 71.6 cm³/mol. The Kier molecular flexibility index (Phi) is 4.52. The van der Waals surface area contributed by atoms with Crippen LogP contribution in [0.3, 0.4) is 0 Å². The molecule has 0 radical (unpaired) electrons. The van der Waals surface area contributed by atoms with Crippen LogP contribution in [0.1, 0.15) is 19.4 Å². The maximum atomic E-state index is 9.79. The van der Waals surface area contributed by atoms with Gasteiger partial charge in [-0.1, -0.05) is 19.6 Å². The van der Waals surface area contributed by atoms with E-state index < -0.39 is 13.7 Å². The summed E-state index contributed by atoms with van der Waals surface area (Å²) >= 11 is 0. The van der Waals surface area contributed by atoms with Gasteiger partial charge in [0.15, 0.2) is 0 Å². The van der Waals surface area contributed by atoms with Gasteiger partial charge in [-0.15, -0.1) is 0 Å². The van der Waals surface area contributed by atoms with Crippen molar-refractivity contribution >= 4 is 8.07 Å². The van der Waals surface area contributed by atoms with Crippen molar-refractivity contribution in [3.8, 4) is 0 Å². The van der Waals surface area contributed by atoms with Crippen molar-refractivity contribution in [1.29, 1.82) is 0 Å². The molecule has 0 aromatic carbocycles. The van der Waals surface area contributed by atoms with E-state index in [-0.39, 0.29) is 0 Å². The zero-order chi connectivity index (χ0) is 13.1. The van der Waals surface area contributed by atoms with Crippen molar-refractivity contribution in [2.24, 2.45) is 0 Å². The molecule has 5 heteroatoms. The second-order valence-electron chi connectivity index (χ2n) is 6.18. The van der Waals surface area contributed by atoms with E-state index in [2.05, 4.69) is 24.7 Å². The molecule has 98 valence electrons. The quantitative estimate of drug-likeness (QED) is 0.628. The van der Waals surface area contributed by atoms with Gasteiger partial charge in [0.05, 0.1) is 11.8 Å². The summed E-state index contributed by atoms with van der Waals surface area (Å²) in [6.45, 7) is 11.7. The first-order valence-electron chi connectivity index (χ1n) is 6.01. The minimum Gasteiger partial charge on any atom is -0.386 e. The van der Waals surface area contributed by atoms with Crippen molar-refractivity contribution in [2.45, 2.75) is 51.9 Å². The van der Waals surface area contributed by atoms with Gasteiger partial charge in [-0.2, -0.15) is 5.10 Å². The Balaban J connectivity index is 2.36. The summed E-state index contributed by atoms with van der Waals surface area (Å²) < 4.78 is 7.30. The summed E-state index contributed by atoms with van der Waals surface area (Å²) in [5.74, 6) is 0. The fraction of sp³-hybridized carbons (Fsp3) is 0.750. The zero-order valence-corrected chi connectivity index (χ0v) is 12.5. The lowest BCUT2D eigenvalue weighted by Crippen LogP contribution is -2.22. The molecule has 0 saturated carbocycles. The summed E-state index contributed by atoms with van der Waals surface area (Å²) in [7, 11) is -1.01. The summed E-state index contributed by atoms with van der Waals surface area (Å²) in [5.41, 5.74) is -0.0253. The average molecular weight is 256 g/mol. The molecule has 0 aliphatic heterocycles. The van der Waals surface area contributed by atoms with E-state index in [4.69, 9.17) is 4.74 Å². The molecule has 0 fully saturated rings. The highest BCUT2D eigenvalue weighted by Gasteiger charge is 2.18. The van der Waals surface area contributed by atoms with Crippen molar-refractivity contribution < 1.29 is 9.84 Å². The van der Waals surface area contributed by atoms with Crippen molar-refractivity contribution in [1.82, 2.24) is 9.78 Å². The van der Waals surface area contributed by atoms with Crippen LogP contribution < -0.4 is 0 Å². The molecule has 0 saturated heterocycles. The van der Waals surface area contributed by atoms with Crippen molar-refractivity contribution in [3.63, 3.8) is 0 Å². The molecule has 17 heavy (non-hydrogen) atoms. The fourth-order valence-corrected chi connectivity index (χ4v) is 2.04. The normalized spacial score (nSPS) is 13.1. The Morgan fingerprint density at radius 2 is 2.06 bits per heavy atom. The van der Waals surface area contributed by atoms with Crippen LogP contribution in [0, 0.1) is 0 Å². The molecule has 1 aromatic heterocycles. The van der Waals surface area contributed by atoms with Gasteiger partial charge in [0.1, 0.15) is 6.73 Å². The van der Waals surface area contributed by atoms with Crippen LogP contribution >= 0.6 is 0 Å². The van der Waals surface area contributed by atoms with Gasteiger partial charge in [-0.3, -0.25) is 0 Å². The van der Waals surface area contributed by atoms with Crippen LogP contribution in [0.4, 0.5) is 0 Å². The first kappa shape index (κ1) is 14.4. The van der Waals surface area contributed by atoms with Crippen molar-refractivity contribution in [3.05, 3.63) is 18.0 Å². The molecule has 0 aliphatic rings. The smallest absolute Gasteiger partial charge is 0.139 e. The molecule has 1 aromatic rings. The second kappa shape index (κ2) is 5.33. The third-order valence-electron chi connectivity index (χ3n) is 2.56. The lowest BCUT2D eigenvalue weighted by Gasteiger charge is -2.15. The molecule has 0 spiro atoms. The van der Waals surface area contributed by atoms with Gasteiger partial charge < -0.3 is 9.84 Å². The second-order valence-corrected chi connectivity index (χ2v) is 11.8. The molecule has 1 N–H and O–H groups in total. The maximum absolute atomic E-state index is 9.79. The first-order valence-corrected chi connectivity index (χ1v) is 9.72. The highest BCUT2D eigenvalue weighted by molar-refractivity contribution is 6.76. The van der Waals surface area contributed by atoms with Crippen LogP contribution in [0.15, 0.2) is 12.4 Å². The minimum absolute atomic E-state index is 0.459. The van der Waals surface area contributed by atoms with Crippen LogP contribution in [-0.4, -0.2) is 29.6 Å². The standard InChI is InChI=1S/C12H24N2O2Si/c1-12(2,15)11-8-13-14(9-11)10-16-6-7-17(3,4)5/h8-9,15H,6-7,10H2,1-5H3. The van der Waals surface area contributed by atoms with E-state index in [1.54, 1.807) is 24.7 Å². The zero-order valence-electron chi connectivity index (χ0n) is 11.5. The molecule has 0 unspecified atom stereocenters. The van der Waals surface area contributed by atoms with Crippen LogP contribution in [0.5, 0.6) is 0 Å². The first-order chi connectivity index (χ1) is 7.68. The molecule has 0 aliphatic carbocycles. The van der Waals surface area contributed by atoms with E-state index in [0.29, 0.717) is 6.73 Å². The topological polar surface area (TPSA) is 47.3 Å². The van der Waals surface area contributed by atoms with E-state index in [9.17, 15) is 5.11 Å². The highest BCUT2D eigenvalue weighted by Crippen LogP contribution is 2.18. The number of hydrogen-bond acceptors (Lipinski definition) is 3. The molecule has 1 heterocycles. The fourth-order valence-electron chi connectivity index (χ4n) is 1.29. The van der Waals surface area contributed by atoms with Crippen LogP contribution in [-0.2, 0) is 17.1 Å². The Labute approximate surface area is 105 Å². The number of ether oxygens (including phenoxy) is 1. The van der Waals surface area contributed by atoms with E-state index in [0.717, 1.165) is 18.2 Å². The lowest BCUT2D eigenvalue weighted by atomic mass is 10.0. The Bertz CT molecular complexity index is 350. The number of hydrogen-bond donors (Lipinski definition) is 1. The number of rotatable bonds is 6. The molecule has 0 amide bonds. The third kappa shape index (κ3) is 5.47. The molecule has 4 nitrogen and oxygen atoms in total. The number of nitrogens with zero attached hydrogens (tertiary/aromatic N) is 2. The molecule has 1 rings (SSSR count). The minimum atomic E-state index is -1.01. The van der Waals surface area contributed by atoms with E-state index >= 15 is 0 Å². The SMILES string of the molecule is CC(C)(O)c1cnn(COCC[Si](C)(C)C)c1. The Hall–Kier alpha value is -0.653. The number of aliphatic hydroxyl groups is 1. The van der Waals surface area contributed by atoms with E-state index in [1.165, 1.54) is 0 Å². The van der Waals surface area contributed by atoms with Gasteiger partial charge in [0.25, 0.3) is 0 Å². The van der Waals surface area contributed by atoms with Gasteiger partial charge in [0, 0.05) is 26.4 Å². The summed E-state index contributed by atoms with van der Waals surface area (Å²) in [5, 5.41) is 14.0. The summed E-state index contributed by atoms with van der Waals surface area (Å²) in [6.07, 6.45) is 3.51.